The van der Waals surface area contributed by atoms with Crippen molar-refractivity contribution in [3.05, 3.63) is 114 Å². The first-order chi connectivity index (χ1) is 18.4. The van der Waals surface area contributed by atoms with Gasteiger partial charge in [0.1, 0.15) is 5.75 Å². The summed E-state index contributed by atoms with van der Waals surface area (Å²) in [5, 5.41) is 18.7. The zero-order chi connectivity index (χ0) is 26.3. The van der Waals surface area contributed by atoms with Crippen molar-refractivity contribution >= 4 is 45.1 Å². The van der Waals surface area contributed by atoms with E-state index < -0.39 is 27.6 Å². The maximum absolute atomic E-state index is 13.6. The molecule has 0 saturated carbocycles. The van der Waals surface area contributed by atoms with Crippen LogP contribution >= 0.6 is 0 Å². The number of ether oxygens (including phenoxy) is 1. The van der Waals surface area contributed by atoms with E-state index in [2.05, 4.69) is 12.1 Å². The minimum atomic E-state index is -4.04. The second kappa shape index (κ2) is 9.97. The van der Waals surface area contributed by atoms with Crippen LogP contribution in [0.5, 0.6) is 17.2 Å². The molecule has 2 N–H and O–H groups in total. The van der Waals surface area contributed by atoms with Gasteiger partial charge in [-0.1, -0.05) is 0 Å². The molecule has 2 heterocycles. The van der Waals surface area contributed by atoms with E-state index in [9.17, 15) is 18.6 Å². The number of rotatable bonds is 7. The van der Waals surface area contributed by atoms with E-state index in [0.29, 0.717) is 0 Å². The Morgan fingerprint density at radius 2 is 1.34 bits per heavy atom. The third-order valence-corrected chi connectivity index (χ3v) is 10.4. The molecule has 4 aromatic carbocycles. The monoisotopic (exact) mass is 592 g/mol. The van der Waals surface area contributed by atoms with Crippen LogP contribution < -0.4 is 13.1 Å². The molecule has 1 fully saturated rings. The van der Waals surface area contributed by atoms with Crippen LogP contribution in [0.1, 0.15) is 17.5 Å². The molecule has 8 heteroatoms. The molecular weight excluding hydrogens is 567 g/mol. The first-order valence-electron chi connectivity index (χ1n) is 12.1. The zero-order valence-corrected chi connectivity index (χ0v) is 22.6. The molecule has 0 amide bonds. The first kappa shape index (κ1) is 24.8. The van der Waals surface area contributed by atoms with Crippen LogP contribution in [0.15, 0.2) is 103 Å². The first-order valence-corrected chi connectivity index (χ1v) is 15.3. The predicted molar refractivity (Wildman–Crippen MR) is 148 cm³/mol. The van der Waals surface area contributed by atoms with Gasteiger partial charge in [-0.2, -0.15) is 0 Å². The molecule has 0 radical (unpaired) electrons. The van der Waals surface area contributed by atoms with Gasteiger partial charge in [0, 0.05) is 0 Å². The van der Waals surface area contributed by atoms with E-state index in [1.54, 1.807) is 60.7 Å². The van der Waals surface area contributed by atoms with Crippen molar-refractivity contribution in [2.75, 3.05) is 0 Å². The third kappa shape index (κ3) is 4.84. The molecule has 2 aliphatic heterocycles. The molecule has 192 valence electrons. The summed E-state index contributed by atoms with van der Waals surface area (Å²) in [5.74, 6) is 0.556. The van der Waals surface area contributed by atoms with Gasteiger partial charge < -0.3 is 10.2 Å². The second-order valence-corrected chi connectivity index (χ2v) is 13.4. The van der Waals surface area contributed by atoms with Crippen LogP contribution in [0.2, 0.25) is 0 Å². The Bertz CT molecular complexity index is 1600. The molecule has 0 aliphatic carbocycles. The number of phenols is 2. The van der Waals surface area contributed by atoms with Gasteiger partial charge in [-0.3, -0.25) is 0 Å². The fourth-order valence-electron chi connectivity index (χ4n) is 5.04. The van der Waals surface area contributed by atoms with E-state index in [1.807, 2.05) is 30.3 Å². The average Bonchev–Trinajstić information content (AvgIpc) is 3.50. The van der Waals surface area contributed by atoms with Gasteiger partial charge >= 0.3 is 212 Å². The van der Waals surface area contributed by atoms with Crippen molar-refractivity contribution in [1.82, 2.24) is 0 Å². The van der Waals surface area contributed by atoms with Gasteiger partial charge in [0.25, 0.3) is 0 Å². The van der Waals surface area contributed by atoms with Gasteiger partial charge in [0.2, 0.25) is 0 Å². The molecule has 0 spiro atoms. The molecule has 6 rings (SSSR count). The summed E-state index contributed by atoms with van der Waals surface area (Å²) in [7, 11) is -4.04. The number of hydrogen-bond donors (Lipinski definition) is 2. The molecule has 2 aliphatic rings. The number of aromatic hydroxyl groups is 2. The van der Waals surface area contributed by atoms with Crippen LogP contribution in [0.4, 0.5) is 0 Å². The Kier molecular flexibility index (Phi) is 6.50. The molecule has 38 heavy (non-hydrogen) atoms. The van der Waals surface area contributed by atoms with Crippen molar-refractivity contribution in [3.8, 4) is 17.2 Å². The van der Waals surface area contributed by atoms with Crippen LogP contribution in [-0.4, -0.2) is 51.0 Å². The number of hydrogen-bond acceptors (Lipinski definition) is 6. The zero-order valence-electron chi connectivity index (χ0n) is 20.1. The summed E-state index contributed by atoms with van der Waals surface area (Å²) in [4.78, 5) is 0. The fourth-order valence-corrected chi connectivity index (χ4v) is 8.31. The van der Waals surface area contributed by atoms with Gasteiger partial charge in [0.05, 0.1) is 0 Å². The summed E-state index contributed by atoms with van der Waals surface area (Å²) in [5.41, 5.74) is 3.27. The average molecular weight is 592 g/mol. The molecule has 1 saturated heterocycles. The SMILES string of the molecule is O=S(=O)(Oc1cccc([Se]c2ccccc2)c1)C1CC2OC1C(c1ccc(O)cc1)=C2c1ccc(O)cc1. The summed E-state index contributed by atoms with van der Waals surface area (Å²) >= 11 is 0.0216. The molecule has 3 atom stereocenters. The normalized spacial score (nSPS) is 20.6. The molecular formula is C30H24O6SSe. The fraction of sp³-hybridized carbons (Fsp3) is 0.133. The number of fused-ring (bicyclic) bond motifs is 2. The summed E-state index contributed by atoms with van der Waals surface area (Å²) in [6.45, 7) is 0. The topological polar surface area (TPSA) is 93.1 Å². The summed E-state index contributed by atoms with van der Waals surface area (Å²) < 4.78 is 41.3. The molecule has 6 nitrogen and oxygen atoms in total. The van der Waals surface area contributed by atoms with E-state index >= 15 is 0 Å². The van der Waals surface area contributed by atoms with Crippen molar-refractivity contribution in [3.63, 3.8) is 0 Å². The van der Waals surface area contributed by atoms with Crippen LogP contribution in [0.25, 0.3) is 11.1 Å². The molecule has 0 aromatic heterocycles. The summed E-state index contributed by atoms with van der Waals surface area (Å²) in [6.07, 6.45) is -0.905. The van der Waals surface area contributed by atoms with E-state index in [-0.39, 0.29) is 38.6 Å². The van der Waals surface area contributed by atoms with E-state index in [0.717, 1.165) is 26.7 Å². The number of benzene rings is 4. The van der Waals surface area contributed by atoms with Crippen molar-refractivity contribution in [2.24, 2.45) is 0 Å². The Balaban J connectivity index is 1.31. The second-order valence-electron chi connectivity index (χ2n) is 9.21. The van der Waals surface area contributed by atoms with Crippen molar-refractivity contribution < 1.29 is 27.6 Å². The molecule has 3 unspecified atom stereocenters. The van der Waals surface area contributed by atoms with Gasteiger partial charge in [-0.25, -0.2) is 0 Å². The quantitative estimate of drug-likeness (QED) is 0.252. The van der Waals surface area contributed by atoms with E-state index in [4.69, 9.17) is 8.92 Å². The molecule has 4 aromatic rings. The third-order valence-electron chi connectivity index (χ3n) is 6.72. The van der Waals surface area contributed by atoms with Crippen LogP contribution in [-0.2, 0) is 14.9 Å². The Hall–Kier alpha value is -3.55. The van der Waals surface area contributed by atoms with Crippen molar-refractivity contribution in [2.45, 2.75) is 23.9 Å². The summed E-state index contributed by atoms with van der Waals surface area (Å²) in [6, 6.07) is 30.8. The van der Waals surface area contributed by atoms with Gasteiger partial charge in [-0.15, -0.1) is 0 Å². The van der Waals surface area contributed by atoms with Crippen molar-refractivity contribution in [1.29, 1.82) is 0 Å². The Labute approximate surface area is 227 Å². The standard InChI is InChI=1S/C30H24O6SSe/c31-21-13-9-19(10-14-21)28-26-18-27(30(35-26)29(28)20-11-15-22(32)16-12-20)37(33,34)36-23-5-4-8-25(17-23)38-24-6-2-1-3-7-24/h1-17,26-27,30-32H,18H2. The number of phenolic OH excluding ortho intramolecular Hbond substituents is 2. The predicted octanol–water partition coefficient (Wildman–Crippen LogP) is 3.61. The van der Waals surface area contributed by atoms with Crippen LogP contribution in [0, 0.1) is 0 Å². The minimum absolute atomic E-state index is 0.0216. The Morgan fingerprint density at radius 1 is 0.737 bits per heavy atom. The van der Waals surface area contributed by atoms with Gasteiger partial charge in [0.15, 0.2) is 0 Å². The Morgan fingerprint density at radius 3 is 2.00 bits per heavy atom. The molecule has 2 bridgehead atoms. The van der Waals surface area contributed by atoms with Gasteiger partial charge in [-0.05, 0) is 0 Å². The maximum atomic E-state index is 13.6. The van der Waals surface area contributed by atoms with E-state index in [1.165, 1.54) is 4.46 Å². The van der Waals surface area contributed by atoms with Crippen LogP contribution in [0.3, 0.4) is 0 Å².